The van der Waals surface area contributed by atoms with Crippen LogP contribution in [0.3, 0.4) is 0 Å². The van der Waals surface area contributed by atoms with Gasteiger partial charge in [0.05, 0.1) is 65.1 Å². The molecule has 395 valence electrons. The molecule has 0 atom stereocenters. The van der Waals surface area contributed by atoms with E-state index >= 15 is 0 Å². The second-order valence-corrected chi connectivity index (χ2v) is 21.3. The molecule has 0 unspecified atom stereocenters. The largest absolute Gasteiger partial charge is 3.00 e. The number of anilines is 2. The number of hydrogen-bond donors (Lipinski definition) is 6. The zero-order chi connectivity index (χ0) is 55.7. The van der Waals surface area contributed by atoms with E-state index < -0.39 is 106 Å². The van der Waals surface area contributed by atoms with Crippen LogP contribution in [0.1, 0.15) is 0 Å². The topological polar surface area (TPSA) is 518 Å². The Hall–Kier alpha value is -5.75. The molecule has 8 aromatic carbocycles. The Bertz CT molecular complexity index is 4050. The Morgan fingerprint density at radius 2 is 0.738 bits per heavy atom. The number of phenols is 2. The van der Waals surface area contributed by atoms with Gasteiger partial charge in [-0.25, -0.2) is 43.9 Å². The first-order valence-corrected chi connectivity index (χ1v) is 26.4. The molecule has 10 N–H and O–H groups in total. The van der Waals surface area contributed by atoms with Crippen LogP contribution in [0.5, 0.6) is 34.5 Å². The predicted octanol–water partition coefficient (Wildman–Crippen LogP) is -3.68. The number of primary sulfonamides is 2. The summed E-state index contributed by atoms with van der Waals surface area (Å²) >= 11 is 0. The molecule has 8 rings (SSSR count). The van der Waals surface area contributed by atoms with Gasteiger partial charge in [0.15, 0.2) is 0 Å². The molecule has 0 aliphatic carbocycles. The summed E-state index contributed by atoms with van der Waals surface area (Å²) in [5, 5.41) is 109. The van der Waals surface area contributed by atoms with E-state index in [9.17, 15) is 73.4 Å². The zero-order valence-corrected chi connectivity index (χ0v) is 51.6. The van der Waals surface area contributed by atoms with Crippen molar-refractivity contribution in [1.82, 2.24) is 0 Å². The van der Waals surface area contributed by atoms with Crippen LogP contribution in [0.4, 0.5) is 56.9 Å². The molecule has 0 spiro atoms. The average molecular weight is 1230 g/mol. The molecule has 0 fully saturated rings. The zero-order valence-electron chi connectivity index (χ0n) is 41.1. The molecule has 80 heavy (non-hydrogen) atoms. The van der Waals surface area contributed by atoms with Gasteiger partial charge in [-0.2, -0.15) is 20.5 Å². The van der Waals surface area contributed by atoms with E-state index in [1.165, 1.54) is 72.8 Å². The molecule has 0 aliphatic rings. The van der Waals surface area contributed by atoms with Crippen molar-refractivity contribution in [1.29, 1.82) is 0 Å². The number of hydrogen-bond acceptors (Lipinski definition) is 26. The normalized spacial score (nSPS) is 11.9. The maximum Gasteiger partial charge on any atom is 3.00 e. The van der Waals surface area contributed by atoms with E-state index in [0.717, 1.165) is 48.5 Å². The molecule has 0 saturated carbocycles. The monoisotopic (exact) mass is 1230 g/mol. The van der Waals surface area contributed by atoms with Crippen LogP contribution in [0.2, 0.25) is 0 Å². The molecule has 1 radical (unpaired) electrons. The number of azo groups is 4. The first kappa shape index (κ1) is 68.5. The molecule has 0 saturated heterocycles. The fourth-order valence-electron chi connectivity index (χ4n) is 6.55. The predicted molar refractivity (Wildman–Crippen MR) is 259 cm³/mol. The number of phenolic OH excluding ortho intramolecular Hbond substituents is 2. The van der Waals surface area contributed by atoms with Gasteiger partial charge in [-0.3, -0.25) is 0 Å². The van der Waals surface area contributed by atoms with Crippen LogP contribution in [0.25, 0.3) is 21.5 Å². The molecule has 0 amide bonds. The van der Waals surface area contributed by atoms with E-state index in [1.54, 1.807) is 0 Å². The number of nitrogens with zero attached hydrogens (tertiary/aromatic N) is 8. The van der Waals surface area contributed by atoms with Crippen LogP contribution in [-0.4, -0.2) is 53.0 Å². The van der Waals surface area contributed by atoms with Crippen LogP contribution < -0.4 is 131 Å². The Balaban J connectivity index is 0.000000400. The molecule has 0 bridgehead atoms. The first-order chi connectivity index (χ1) is 35.5. The molecule has 36 heteroatoms. The van der Waals surface area contributed by atoms with E-state index in [0.29, 0.717) is 0 Å². The maximum absolute atomic E-state index is 13.1. The van der Waals surface area contributed by atoms with Gasteiger partial charge < -0.3 is 51.2 Å². The number of nitrogens with two attached hydrogens (primary N) is 4. The van der Waals surface area contributed by atoms with Crippen LogP contribution in [0, 0.1) is 0 Å². The third kappa shape index (κ3) is 16.7. The molecule has 0 aromatic heterocycles. The first-order valence-electron chi connectivity index (χ1n) is 20.5. The molecular formula is C44H30CrN12Na3O16S4. The van der Waals surface area contributed by atoms with Crippen molar-refractivity contribution in [3.63, 3.8) is 0 Å². The van der Waals surface area contributed by atoms with Crippen molar-refractivity contribution >= 4 is 119 Å². The summed E-state index contributed by atoms with van der Waals surface area (Å²) in [4.78, 5) is -2.99. The average Bonchev–Trinajstić information content (AvgIpc) is 3.32. The Kier molecular flexibility index (Phi) is 23.4. The van der Waals surface area contributed by atoms with Gasteiger partial charge in [0.1, 0.15) is 43.1 Å². The van der Waals surface area contributed by atoms with Crippen molar-refractivity contribution in [3.05, 3.63) is 121 Å². The second-order valence-electron chi connectivity index (χ2n) is 15.5. The quantitative estimate of drug-likeness (QED) is 0.0297. The Morgan fingerprint density at radius 1 is 0.400 bits per heavy atom. The van der Waals surface area contributed by atoms with Gasteiger partial charge in [0, 0.05) is 12.1 Å². The smallest absolute Gasteiger partial charge is 0.871 e. The van der Waals surface area contributed by atoms with E-state index in [-0.39, 0.29) is 173 Å². The molecule has 28 nitrogen and oxygen atoms in total. The van der Waals surface area contributed by atoms with Crippen LogP contribution in [-0.2, 0) is 57.6 Å². The van der Waals surface area contributed by atoms with Crippen LogP contribution in [0.15, 0.2) is 182 Å². The minimum absolute atomic E-state index is 0. The fraction of sp³-hybridized carbons (Fsp3) is 0. The minimum atomic E-state index is -5.26. The van der Waals surface area contributed by atoms with E-state index in [4.69, 9.17) is 21.7 Å². The number of sulfonamides is 2. The summed E-state index contributed by atoms with van der Waals surface area (Å²) in [6.07, 6.45) is 0. The van der Waals surface area contributed by atoms with E-state index in [2.05, 4.69) is 40.9 Å². The summed E-state index contributed by atoms with van der Waals surface area (Å²) in [6, 6.07) is 22.9. The molecular weight excluding hydrogens is 1200 g/mol. The summed E-state index contributed by atoms with van der Waals surface area (Å²) in [7, 11) is -18.9. The number of rotatable bonds is 12. The van der Waals surface area contributed by atoms with Crippen molar-refractivity contribution in [2.75, 3.05) is 11.5 Å². The Labute approximate surface area is 530 Å². The molecule has 8 aromatic rings. The standard InChI is InChI=1S/2C22H18N6O8S2.Cr.3Na/c2*23-16-9-13(29)2-5-17(16)26-25-12-1-4-15-11(7-12)8-20(38(34,35)36)21(22(15)31)28-27-18-10-14(37(24,32)33)3-6-19(18)30;;;;/h2*1-10,29-31H,23H2,(H2,24,32,33)(H,34,35,36);;;;/q;;+3;3*+1/p-6. The Morgan fingerprint density at radius 3 is 1.05 bits per heavy atom. The van der Waals surface area contributed by atoms with Crippen LogP contribution >= 0.6 is 0 Å². The molecule has 0 heterocycles. The third-order valence-corrected chi connectivity index (χ3v) is 13.7. The van der Waals surface area contributed by atoms with Gasteiger partial charge in [-0.15, -0.1) is 20.5 Å². The SMILES string of the molecule is Nc1cc(O)ccc1N=Nc1ccc2c([O-])c(N=Nc3cc(S(N)(=O)=O)ccc3[O-])c(S(=O)(=O)[O-])cc2c1.Nc1cc(O)ccc1N=Nc1ccc2c([O-])c(N=Nc3cc(S(N)(=O)=O)ccc3[O-])c(S(=O)(=O)[O-])cc2c1.[Cr+3].[Na+].[Na+].[Na+]. The van der Waals surface area contributed by atoms with Crippen molar-refractivity contribution in [2.24, 2.45) is 51.2 Å². The summed E-state index contributed by atoms with van der Waals surface area (Å²) in [6.45, 7) is 0. The summed E-state index contributed by atoms with van der Waals surface area (Å²) < 4.78 is 118. The summed E-state index contributed by atoms with van der Waals surface area (Å²) in [5.41, 5.74) is 9.73. The maximum atomic E-state index is 13.1. The van der Waals surface area contributed by atoms with Gasteiger partial charge in [-0.1, -0.05) is 47.3 Å². The summed E-state index contributed by atoms with van der Waals surface area (Å²) in [5.74, 6) is -3.74. The fourth-order valence-corrected chi connectivity index (χ4v) is 8.90. The van der Waals surface area contributed by atoms with Crippen molar-refractivity contribution in [2.45, 2.75) is 19.6 Å². The van der Waals surface area contributed by atoms with E-state index in [1.807, 2.05) is 0 Å². The third-order valence-electron chi connectivity index (χ3n) is 10.2. The van der Waals surface area contributed by atoms with Gasteiger partial charge >= 0.3 is 106 Å². The van der Waals surface area contributed by atoms with Crippen molar-refractivity contribution < 1.29 is 179 Å². The number of nitrogen functional groups attached to an aromatic ring is 2. The number of aromatic hydroxyl groups is 2. The van der Waals surface area contributed by atoms with Gasteiger partial charge in [-0.05, 0) is 106 Å². The van der Waals surface area contributed by atoms with Gasteiger partial charge in [0.25, 0.3) is 0 Å². The van der Waals surface area contributed by atoms with Gasteiger partial charge in [0.2, 0.25) is 20.0 Å². The second kappa shape index (κ2) is 27.3. The molecule has 0 aliphatic heterocycles. The number of fused-ring (bicyclic) bond motifs is 2. The van der Waals surface area contributed by atoms with Crippen molar-refractivity contribution in [3.8, 4) is 34.5 Å². The number of benzene rings is 8. The minimum Gasteiger partial charge on any atom is -0.871 e.